The SMILES string of the molecule is CCCNCc1n[nH]c(C)c1S(=O)(=O)N1CCCCC1. The lowest BCUT2D eigenvalue weighted by atomic mass is 10.2. The van der Waals surface area contributed by atoms with E-state index in [1.54, 1.807) is 11.2 Å². The van der Waals surface area contributed by atoms with Gasteiger partial charge in [0.25, 0.3) is 0 Å². The van der Waals surface area contributed by atoms with Crippen LogP contribution >= 0.6 is 0 Å². The largest absolute Gasteiger partial charge is 0.311 e. The number of hydrogen-bond acceptors (Lipinski definition) is 4. The number of aromatic amines is 1. The molecule has 0 bridgehead atoms. The van der Waals surface area contributed by atoms with E-state index >= 15 is 0 Å². The molecular weight excluding hydrogens is 276 g/mol. The zero-order valence-corrected chi connectivity index (χ0v) is 13.1. The summed E-state index contributed by atoms with van der Waals surface area (Å²) in [7, 11) is -3.42. The number of H-pyrrole nitrogens is 1. The summed E-state index contributed by atoms with van der Waals surface area (Å²) in [6.45, 7) is 6.43. The van der Waals surface area contributed by atoms with Gasteiger partial charge in [0.1, 0.15) is 4.90 Å². The van der Waals surface area contributed by atoms with Crippen molar-refractivity contribution in [1.82, 2.24) is 19.8 Å². The Morgan fingerprint density at radius 2 is 2.00 bits per heavy atom. The fourth-order valence-corrected chi connectivity index (χ4v) is 4.39. The maximum atomic E-state index is 12.8. The van der Waals surface area contributed by atoms with Crippen molar-refractivity contribution >= 4 is 10.0 Å². The first-order valence-electron chi connectivity index (χ1n) is 7.32. The first-order chi connectivity index (χ1) is 9.57. The topological polar surface area (TPSA) is 78.1 Å². The summed E-state index contributed by atoms with van der Waals surface area (Å²) in [6, 6.07) is 0. The van der Waals surface area contributed by atoms with Crippen LogP contribution in [0.2, 0.25) is 0 Å². The monoisotopic (exact) mass is 300 g/mol. The Bertz CT molecular complexity index is 533. The van der Waals surface area contributed by atoms with E-state index < -0.39 is 10.0 Å². The molecule has 0 saturated carbocycles. The number of nitrogens with zero attached hydrogens (tertiary/aromatic N) is 2. The Kier molecular flexibility index (Phi) is 5.17. The van der Waals surface area contributed by atoms with Crippen molar-refractivity contribution < 1.29 is 8.42 Å². The predicted molar refractivity (Wildman–Crippen MR) is 77.9 cm³/mol. The van der Waals surface area contributed by atoms with Crippen LogP contribution in [0.5, 0.6) is 0 Å². The third-order valence-corrected chi connectivity index (χ3v) is 5.70. The van der Waals surface area contributed by atoms with E-state index in [0.717, 1.165) is 32.2 Å². The van der Waals surface area contributed by atoms with Crippen LogP contribution in [0.4, 0.5) is 0 Å². The molecule has 0 aliphatic carbocycles. The van der Waals surface area contributed by atoms with E-state index in [2.05, 4.69) is 22.4 Å². The van der Waals surface area contributed by atoms with E-state index in [-0.39, 0.29) is 0 Å². The third kappa shape index (κ3) is 3.21. The van der Waals surface area contributed by atoms with Crippen molar-refractivity contribution in [3.05, 3.63) is 11.4 Å². The molecule has 6 nitrogen and oxygen atoms in total. The Balaban J connectivity index is 2.23. The fraction of sp³-hybridized carbons (Fsp3) is 0.769. The summed E-state index contributed by atoms with van der Waals surface area (Å²) >= 11 is 0. The molecule has 2 heterocycles. The van der Waals surface area contributed by atoms with Crippen LogP contribution in [0.25, 0.3) is 0 Å². The highest BCUT2D eigenvalue weighted by Gasteiger charge is 2.31. The van der Waals surface area contributed by atoms with Crippen LogP contribution in [-0.4, -0.2) is 42.6 Å². The summed E-state index contributed by atoms with van der Waals surface area (Å²) in [5.41, 5.74) is 1.23. The Morgan fingerprint density at radius 3 is 2.65 bits per heavy atom. The smallest absolute Gasteiger partial charge is 0.246 e. The minimum Gasteiger partial charge on any atom is -0.311 e. The van der Waals surface area contributed by atoms with E-state index in [0.29, 0.717) is 35.9 Å². The molecule has 20 heavy (non-hydrogen) atoms. The van der Waals surface area contributed by atoms with Crippen molar-refractivity contribution in [2.45, 2.75) is 51.0 Å². The zero-order chi connectivity index (χ0) is 14.6. The summed E-state index contributed by atoms with van der Waals surface area (Å²) in [4.78, 5) is 0.364. The van der Waals surface area contributed by atoms with Crippen LogP contribution in [0.3, 0.4) is 0 Å². The quantitative estimate of drug-likeness (QED) is 0.778. The average molecular weight is 300 g/mol. The summed E-state index contributed by atoms with van der Waals surface area (Å²) in [6.07, 6.45) is 4.01. The van der Waals surface area contributed by atoms with E-state index in [1.165, 1.54) is 0 Å². The molecule has 0 atom stereocenters. The number of nitrogens with one attached hydrogen (secondary N) is 2. The zero-order valence-electron chi connectivity index (χ0n) is 12.3. The highest BCUT2D eigenvalue weighted by Crippen LogP contribution is 2.24. The van der Waals surface area contributed by atoms with Gasteiger partial charge in [-0.3, -0.25) is 5.10 Å². The van der Waals surface area contributed by atoms with Gasteiger partial charge in [0.05, 0.1) is 11.4 Å². The van der Waals surface area contributed by atoms with Crippen molar-refractivity contribution in [3.8, 4) is 0 Å². The number of rotatable bonds is 6. The van der Waals surface area contributed by atoms with Crippen molar-refractivity contribution in [2.24, 2.45) is 0 Å². The number of hydrogen-bond donors (Lipinski definition) is 2. The highest BCUT2D eigenvalue weighted by molar-refractivity contribution is 7.89. The first-order valence-corrected chi connectivity index (χ1v) is 8.76. The number of piperidine rings is 1. The highest BCUT2D eigenvalue weighted by atomic mass is 32.2. The van der Waals surface area contributed by atoms with E-state index in [1.807, 2.05) is 0 Å². The molecule has 1 saturated heterocycles. The first kappa shape index (κ1) is 15.5. The summed E-state index contributed by atoms with van der Waals surface area (Å²) < 4.78 is 27.1. The molecule has 1 aliphatic heterocycles. The Morgan fingerprint density at radius 1 is 1.30 bits per heavy atom. The van der Waals surface area contributed by atoms with Gasteiger partial charge in [-0.25, -0.2) is 8.42 Å². The molecule has 0 spiro atoms. The second kappa shape index (κ2) is 6.69. The Hall–Kier alpha value is -0.920. The molecule has 2 N–H and O–H groups in total. The van der Waals surface area contributed by atoms with Gasteiger partial charge in [-0.1, -0.05) is 13.3 Å². The minimum absolute atomic E-state index is 0.364. The van der Waals surface area contributed by atoms with E-state index in [4.69, 9.17) is 0 Å². The van der Waals surface area contributed by atoms with Crippen molar-refractivity contribution in [2.75, 3.05) is 19.6 Å². The van der Waals surface area contributed by atoms with Gasteiger partial charge in [-0.2, -0.15) is 9.40 Å². The third-order valence-electron chi connectivity index (χ3n) is 3.59. The normalized spacial score (nSPS) is 17.5. The van der Waals surface area contributed by atoms with Gasteiger partial charge in [0, 0.05) is 19.6 Å². The maximum Gasteiger partial charge on any atom is 0.246 e. The lowest BCUT2D eigenvalue weighted by Crippen LogP contribution is -2.36. The summed E-state index contributed by atoms with van der Waals surface area (Å²) in [5.74, 6) is 0. The Labute approximate surface area is 121 Å². The molecule has 1 aromatic rings. The van der Waals surface area contributed by atoms with Crippen molar-refractivity contribution in [1.29, 1.82) is 0 Å². The molecule has 114 valence electrons. The number of sulfonamides is 1. The second-order valence-corrected chi connectivity index (χ2v) is 7.14. The fourth-order valence-electron chi connectivity index (χ4n) is 2.55. The molecule has 0 amide bonds. The van der Waals surface area contributed by atoms with Gasteiger partial charge in [-0.15, -0.1) is 0 Å². The van der Waals surface area contributed by atoms with Crippen molar-refractivity contribution in [3.63, 3.8) is 0 Å². The lowest BCUT2D eigenvalue weighted by molar-refractivity contribution is 0.346. The minimum atomic E-state index is -3.42. The van der Waals surface area contributed by atoms with Gasteiger partial charge in [-0.05, 0) is 32.7 Å². The van der Waals surface area contributed by atoms with Gasteiger partial charge in [0.15, 0.2) is 0 Å². The standard InChI is InChI=1S/C13H24N4O2S/c1-3-7-14-10-12-13(11(2)15-16-12)20(18,19)17-8-5-4-6-9-17/h14H,3-10H2,1-2H3,(H,15,16). The number of aryl methyl sites for hydroxylation is 1. The van der Waals surface area contributed by atoms with Crippen LogP contribution in [0, 0.1) is 6.92 Å². The molecular formula is C13H24N4O2S. The summed E-state index contributed by atoms with van der Waals surface area (Å²) in [5, 5.41) is 10.2. The maximum absolute atomic E-state index is 12.8. The van der Waals surface area contributed by atoms with E-state index in [9.17, 15) is 8.42 Å². The molecule has 0 unspecified atom stereocenters. The van der Waals surface area contributed by atoms with Crippen LogP contribution in [0.15, 0.2) is 4.90 Å². The molecule has 0 aromatic carbocycles. The van der Waals surface area contributed by atoms with Gasteiger partial charge < -0.3 is 5.32 Å². The molecule has 0 radical (unpaired) electrons. The molecule has 2 rings (SSSR count). The van der Waals surface area contributed by atoms with Crippen LogP contribution in [-0.2, 0) is 16.6 Å². The van der Waals surface area contributed by atoms with Crippen LogP contribution < -0.4 is 5.32 Å². The lowest BCUT2D eigenvalue weighted by Gasteiger charge is -2.26. The second-order valence-electron chi connectivity index (χ2n) is 5.27. The van der Waals surface area contributed by atoms with Gasteiger partial charge >= 0.3 is 0 Å². The average Bonchev–Trinajstić information content (AvgIpc) is 2.82. The molecule has 7 heteroatoms. The molecule has 1 aromatic heterocycles. The predicted octanol–water partition coefficient (Wildman–Crippen LogP) is 1.39. The molecule has 1 fully saturated rings. The number of aromatic nitrogens is 2. The van der Waals surface area contributed by atoms with Crippen LogP contribution in [0.1, 0.15) is 44.0 Å². The molecule has 1 aliphatic rings. The van der Waals surface area contributed by atoms with Gasteiger partial charge in [0.2, 0.25) is 10.0 Å².